The third kappa shape index (κ3) is 5.06. The molecule has 1 atom stereocenters. The van der Waals surface area contributed by atoms with Gasteiger partial charge in [-0.25, -0.2) is 9.59 Å². The molecule has 0 fully saturated rings. The van der Waals surface area contributed by atoms with E-state index in [9.17, 15) is 14.4 Å². The number of esters is 2. The van der Waals surface area contributed by atoms with Crippen LogP contribution >= 0.6 is 15.9 Å². The molecule has 1 rings (SSSR count). The first kappa shape index (κ1) is 19.2. The maximum absolute atomic E-state index is 12.4. The first-order chi connectivity index (χ1) is 10.9. The van der Waals surface area contributed by atoms with Crippen molar-refractivity contribution < 1.29 is 23.9 Å². The van der Waals surface area contributed by atoms with Gasteiger partial charge in [0, 0.05) is 11.4 Å². The fourth-order valence-corrected chi connectivity index (χ4v) is 2.23. The van der Waals surface area contributed by atoms with Crippen molar-refractivity contribution in [2.24, 2.45) is 0 Å². The molecule has 1 amide bonds. The van der Waals surface area contributed by atoms with Crippen LogP contribution in [0.15, 0.2) is 28.7 Å². The van der Waals surface area contributed by atoms with Crippen LogP contribution in [0.4, 0.5) is 0 Å². The van der Waals surface area contributed by atoms with Crippen molar-refractivity contribution in [1.82, 2.24) is 5.32 Å². The van der Waals surface area contributed by atoms with E-state index in [1.165, 1.54) is 6.92 Å². The smallest absolute Gasteiger partial charge is 0.344 e. The Hall–Kier alpha value is -1.89. The lowest BCUT2D eigenvalue weighted by atomic mass is 9.96. The van der Waals surface area contributed by atoms with Gasteiger partial charge in [0.15, 0.2) is 0 Å². The first-order valence-electron chi connectivity index (χ1n) is 7.23. The molecule has 0 aromatic heterocycles. The highest BCUT2D eigenvalue weighted by molar-refractivity contribution is 9.10. The van der Waals surface area contributed by atoms with Crippen LogP contribution in [0.25, 0.3) is 0 Å². The van der Waals surface area contributed by atoms with E-state index in [2.05, 4.69) is 21.2 Å². The number of halogens is 1. The molecule has 6 nitrogen and oxygen atoms in total. The molecule has 126 valence electrons. The summed E-state index contributed by atoms with van der Waals surface area (Å²) in [7, 11) is 0. The van der Waals surface area contributed by atoms with Gasteiger partial charge in [-0.05, 0) is 31.0 Å². The number of ether oxygens (including phenoxy) is 2. The van der Waals surface area contributed by atoms with E-state index in [1.54, 1.807) is 26.0 Å². The molecule has 7 heteroatoms. The number of rotatable bonds is 7. The van der Waals surface area contributed by atoms with Gasteiger partial charge in [-0.15, -0.1) is 0 Å². The monoisotopic (exact) mass is 385 g/mol. The maximum Gasteiger partial charge on any atom is 0.344 e. The number of amides is 1. The Morgan fingerprint density at radius 2 is 1.65 bits per heavy atom. The summed E-state index contributed by atoms with van der Waals surface area (Å²) in [5, 5.41) is 2.38. The Balaban J connectivity index is 2.91. The molecule has 0 aliphatic carbocycles. The van der Waals surface area contributed by atoms with E-state index in [1.807, 2.05) is 12.1 Å². The van der Waals surface area contributed by atoms with E-state index in [0.717, 1.165) is 10.0 Å². The summed E-state index contributed by atoms with van der Waals surface area (Å²) in [6, 6.07) is 7.20. The van der Waals surface area contributed by atoms with Crippen molar-refractivity contribution in [2.45, 2.75) is 39.3 Å². The molecule has 1 N–H and O–H groups in total. The quantitative estimate of drug-likeness (QED) is 0.575. The van der Waals surface area contributed by atoms with Crippen LogP contribution in [0.5, 0.6) is 0 Å². The SMILES string of the molecule is CCOC(=O)C(CC)(NC(C)=O)C(=O)OCc1ccc(Br)cc1. The highest BCUT2D eigenvalue weighted by Crippen LogP contribution is 2.18. The van der Waals surface area contributed by atoms with Crippen molar-refractivity contribution in [2.75, 3.05) is 6.61 Å². The second-order valence-corrected chi connectivity index (χ2v) is 5.78. The predicted octanol–water partition coefficient (Wildman–Crippen LogP) is 2.34. The zero-order valence-corrected chi connectivity index (χ0v) is 14.9. The zero-order valence-electron chi connectivity index (χ0n) is 13.3. The Bertz CT molecular complexity index is 572. The molecule has 0 saturated heterocycles. The van der Waals surface area contributed by atoms with Gasteiger partial charge in [0.2, 0.25) is 11.4 Å². The number of carbonyl (C=O) groups excluding carboxylic acids is 3. The molecule has 1 unspecified atom stereocenters. The summed E-state index contributed by atoms with van der Waals surface area (Å²) in [5.41, 5.74) is -1.06. The molecule has 0 aliphatic rings. The molecular formula is C16H20BrNO5. The van der Waals surface area contributed by atoms with Gasteiger partial charge in [-0.1, -0.05) is 35.0 Å². The fraction of sp³-hybridized carbons (Fsp3) is 0.438. The van der Waals surface area contributed by atoms with Crippen LogP contribution in [0.2, 0.25) is 0 Å². The first-order valence-corrected chi connectivity index (χ1v) is 8.02. The zero-order chi connectivity index (χ0) is 17.5. The number of nitrogens with one attached hydrogen (secondary N) is 1. The van der Waals surface area contributed by atoms with Gasteiger partial charge in [0.05, 0.1) is 6.61 Å². The summed E-state index contributed by atoms with van der Waals surface area (Å²) >= 11 is 3.32. The Morgan fingerprint density at radius 1 is 1.09 bits per heavy atom. The highest BCUT2D eigenvalue weighted by atomic mass is 79.9. The van der Waals surface area contributed by atoms with E-state index in [-0.39, 0.29) is 19.6 Å². The molecule has 23 heavy (non-hydrogen) atoms. The lowest BCUT2D eigenvalue weighted by Gasteiger charge is -2.28. The summed E-state index contributed by atoms with van der Waals surface area (Å²) in [6.07, 6.45) is 0.0323. The van der Waals surface area contributed by atoms with Gasteiger partial charge in [0.1, 0.15) is 6.61 Å². The van der Waals surface area contributed by atoms with Crippen LogP contribution in [-0.4, -0.2) is 30.0 Å². The molecule has 0 spiro atoms. The lowest BCUT2D eigenvalue weighted by Crippen LogP contribution is -2.60. The van der Waals surface area contributed by atoms with E-state index < -0.39 is 23.4 Å². The van der Waals surface area contributed by atoms with E-state index in [4.69, 9.17) is 9.47 Å². The number of benzene rings is 1. The van der Waals surface area contributed by atoms with E-state index in [0.29, 0.717) is 0 Å². The van der Waals surface area contributed by atoms with Crippen molar-refractivity contribution in [3.05, 3.63) is 34.3 Å². The summed E-state index contributed by atoms with van der Waals surface area (Å²) in [6.45, 7) is 4.55. The van der Waals surface area contributed by atoms with Crippen LogP contribution in [-0.2, 0) is 30.5 Å². The van der Waals surface area contributed by atoms with Crippen LogP contribution in [0.1, 0.15) is 32.8 Å². The van der Waals surface area contributed by atoms with Gasteiger partial charge >= 0.3 is 11.9 Å². The largest absolute Gasteiger partial charge is 0.464 e. The Morgan fingerprint density at radius 3 is 2.13 bits per heavy atom. The topological polar surface area (TPSA) is 81.7 Å². The Kier molecular flexibility index (Phi) is 7.22. The number of hydrogen-bond acceptors (Lipinski definition) is 5. The highest BCUT2D eigenvalue weighted by Gasteiger charge is 2.48. The third-order valence-electron chi connectivity index (χ3n) is 3.18. The van der Waals surface area contributed by atoms with Crippen LogP contribution in [0.3, 0.4) is 0 Å². The molecule has 0 heterocycles. The minimum absolute atomic E-state index is 0.00709. The van der Waals surface area contributed by atoms with Gasteiger partial charge < -0.3 is 14.8 Å². The predicted molar refractivity (Wildman–Crippen MR) is 87.4 cm³/mol. The molecule has 1 aromatic rings. The molecule has 0 saturated carbocycles. The van der Waals surface area contributed by atoms with Crippen molar-refractivity contribution >= 4 is 33.8 Å². The molecule has 0 aliphatic heterocycles. The minimum Gasteiger partial charge on any atom is -0.464 e. The lowest BCUT2D eigenvalue weighted by molar-refractivity contribution is -0.169. The average Bonchev–Trinajstić information content (AvgIpc) is 2.51. The standard InChI is InChI=1S/C16H20BrNO5/c1-4-16(18-11(3)19,14(20)22-5-2)15(21)23-10-12-6-8-13(17)9-7-12/h6-9H,4-5,10H2,1-3H3,(H,18,19). The molecular weight excluding hydrogens is 366 g/mol. The maximum atomic E-state index is 12.4. The summed E-state index contributed by atoms with van der Waals surface area (Å²) < 4.78 is 11.1. The molecule has 0 radical (unpaired) electrons. The number of hydrogen-bond donors (Lipinski definition) is 1. The molecule has 0 bridgehead atoms. The second kappa shape index (κ2) is 8.67. The van der Waals surface area contributed by atoms with E-state index >= 15 is 0 Å². The van der Waals surface area contributed by atoms with Crippen molar-refractivity contribution in [3.63, 3.8) is 0 Å². The van der Waals surface area contributed by atoms with Gasteiger partial charge in [0.25, 0.3) is 0 Å². The van der Waals surface area contributed by atoms with Crippen LogP contribution < -0.4 is 5.32 Å². The third-order valence-corrected chi connectivity index (χ3v) is 3.70. The fourth-order valence-electron chi connectivity index (χ4n) is 1.97. The minimum atomic E-state index is -1.82. The van der Waals surface area contributed by atoms with Crippen molar-refractivity contribution in [3.8, 4) is 0 Å². The number of carbonyl (C=O) groups is 3. The normalized spacial score (nSPS) is 12.9. The summed E-state index contributed by atoms with van der Waals surface area (Å²) in [4.78, 5) is 36.0. The molecule has 1 aromatic carbocycles. The van der Waals surface area contributed by atoms with Crippen molar-refractivity contribution in [1.29, 1.82) is 0 Å². The average molecular weight is 386 g/mol. The summed E-state index contributed by atoms with van der Waals surface area (Å²) in [5.74, 6) is -2.17. The van der Waals surface area contributed by atoms with Gasteiger partial charge in [-0.2, -0.15) is 0 Å². The van der Waals surface area contributed by atoms with Gasteiger partial charge in [-0.3, -0.25) is 4.79 Å². The van der Waals surface area contributed by atoms with Crippen LogP contribution in [0, 0.1) is 0 Å². The second-order valence-electron chi connectivity index (χ2n) is 4.86. The Labute approximate surface area is 143 Å².